The van der Waals surface area contributed by atoms with Gasteiger partial charge in [-0.3, -0.25) is 0 Å². The number of aromatic nitrogens is 3. The van der Waals surface area contributed by atoms with Crippen LogP contribution in [0.15, 0.2) is 6.07 Å². The summed E-state index contributed by atoms with van der Waals surface area (Å²) in [5.74, 6) is 1.47. The van der Waals surface area contributed by atoms with E-state index in [-0.39, 0.29) is 0 Å². The van der Waals surface area contributed by atoms with Crippen molar-refractivity contribution in [3.63, 3.8) is 0 Å². The maximum absolute atomic E-state index is 4.60. The summed E-state index contributed by atoms with van der Waals surface area (Å²) in [5, 5.41) is 11.0. The second-order valence-corrected chi connectivity index (χ2v) is 5.81. The molecular formula is C15H22N6. The highest BCUT2D eigenvalue weighted by atomic mass is 15.2. The average Bonchev–Trinajstić information content (AvgIpc) is 2.82. The van der Waals surface area contributed by atoms with E-state index in [9.17, 15) is 0 Å². The zero-order chi connectivity index (χ0) is 15.0. The number of pyridine rings is 1. The van der Waals surface area contributed by atoms with E-state index in [1.165, 1.54) is 0 Å². The number of rotatable bonds is 3. The molecule has 0 saturated carbocycles. The fourth-order valence-corrected chi connectivity index (χ4v) is 2.95. The largest absolute Gasteiger partial charge is 0.372 e. The highest BCUT2D eigenvalue weighted by Crippen LogP contribution is 2.25. The number of hydrogen-bond donors (Lipinski definition) is 3. The Kier molecular flexibility index (Phi) is 3.63. The molecule has 0 aromatic carbocycles. The molecule has 1 aliphatic rings. The number of aryl methyl sites for hydroxylation is 2. The first kappa shape index (κ1) is 14.0. The number of fused-ring (bicyclic) bond motifs is 1. The summed E-state index contributed by atoms with van der Waals surface area (Å²) in [6.07, 6.45) is 1.08. The molecule has 3 N–H and O–H groups in total. The number of hydrogen-bond acceptors (Lipinski definition) is 6. The van der Waals surface area contributed by atoms with Gasteiger partial charge >= 0.3 is 0 Å². The lowest BCUT2D eigenvalue weighted by Gasteiger charge is -2.14. The normalized spacial score (nSPS) is 21.7. The molecule has 3 heterocycles. The van der Waals surface area contributed by atoms with Gasteiger partial charge in [0.15, 0.2) is 5.65 Å². The Hall–Kier alpha value is -1.95. The summed E-state index contributed by atoms with van der Waals surface area (Å²) >= 11 is 0. The molecule has 0 unspecified atom stereocenters. The van der Waals surface area contributed by atoms with Crippen molar-refractivity contribution in [2.45, 2.75) is 39.3 Å². The summed E-state index contributed by atoms with van der Waals surface area (Å²) in [7, 11) is 1.88. The van der Waals surface area contributed by atoms with Gasteiger partial charge < -0.3 is 16.0 Å². The van der Waals surface area contributed by atoms with Gasteiger partial charge in [-0.1, -0.05) is 0 Å². The van der Waals surface area contributed by atoms with E-state index in [0.29, 0.717) is 18.0 Å². The molecule has 0 bridgehead atoms. The van der Waals surface area contributed by atoms with Crippen molar-refractivity contribution in [1.29, 1.82) is 0 Å². The van der Waals surface area contributed by atoms with Gasteiger partial charge in [0.1, 0.15) is 5.82 Å². The Bertz CT molecular complexity index is 669. The molecule has 3 rings (SSSR count). The molecular weight excluding hydrogens is 264 g/mol. The first-order chi connectivity index (χ1) is 10.1. The molecule has 1 fully saturated rings. The van der Waals surface area contributed by atoms with Crippen LogP contribution in [0.4, 0.5) is 11.8 Å². The summed E-state index contributed by atoms with van der Waals surface area (Å²) in [6.45, 7) is 7.19. The van der Waals surface area contributed by atoms with Crippen LogP contribution in [0.2, 0.25) is 0 Å². The van der Waals surface area contributed by atoms with E-state index in [1.807, 2.05) is 14.0 Å². The number of anilines is 2. The van der Waals surface area contributed by atoms with E-state index in [1.54, 1.807) is 0 Å². The summed E-state index contributed by atoms with van der Waals surface area (Å²) < 4.78 is 0. The molecule has 1 saturated heterocycles. The lowest BCUT2D eigenvalue weighted by molar-refractivity contribution is 0.660. The molecule has 0 radical (unpaired) electrons. The van der Waals surface area contributed by atoms with Crippen LogP contribution < -0.4 is 16.0 Å². The molecule has 6 heteroatoms. The van der Waals surface area contributed by atoms with Gasteiger partial charge in [-0.05, 0) is 38.8 Å². The molecule has 112 valence electrons. The van der Waals surface area contributed by atoms with Gasteiger partial charge in [0, 0.05) is 31.4 Å². The minimum atomic E-state index is 0.369. The maximum atomic E-state index is 4.60. The van der Waals surface area contributed by atoms with Crippen molar-refractivity contribution in [2.24, 2.45) is 0 Å². The van der Waals surface area contributed by atoms with Crippen LogP contribution in [0, 0.1) is 13.8 Å². The standard InChI is InChI=1S/C15H22N6/c1-8-5-10(3)18-14-12(8)13(16-4)20-15(21-14)19-11-6-9(2)17-7-11/h5,9,11,17H,6-7H2,1-4H3,(H2,16,18,19,20,21)/t9-,11-/m0/s1. The van der Waals surface area contributed by atoms with Crippen LogP contribution >= 0.6 is 0 Å². The lowest BCUT2D eigenvalue weighted by atomic mass is 10.1. The van der Waals surface area contributed by atoms with E-state index >= 15 is 0 Å². The van der Waals surface area contributed by atoms with Crippen molar-refractivity contribution in [3.8, 4) is 0 Å². The van der Waals surface area contributed by atoms with Crippen LogP contribution in [-0.4, -0.2) is 40.6 Å². The summed E-state index contributed by atoms with van der Waals surface area (Å²) in [4.78, 5) is 13.7. The lowest BCUT2D eigenvalue weighted by Crippen LogP contribution is -2.24. The van der Waals surface area contributed by atoms with Crippen molar-refractivity contribution < 1.29 is 0 Å². The second-order valence-electron chi connectivity index (χ2n) is 5.81. The van der Waals surface area contributed by atoms with Gasteiger partial charge in [0.2, 0.25) is 5.95 Å². The zero-order valence-electron chi connectivity index (χ0n) is 13.0. The van der Waals surface area contributed by atoms with E-state index in [4.69, 9.17) is 0 Å². The predicted molar refractivity (Wildman–Crippen MR) is 85.8 cm³/mol. The first-order valence-corrected chi connectivity index (χ1v) is 7.40. The third-order valence-electron chi connectivity index (χ3n) is 3.91. The molecule has 1 aliphatic heterocycles. The Labute approximate surface area is 124 Å². The average molecular weight is 286 g/mol. The van der Waals surface area contributed by atoms with Gasteiger partial charge in [-0.25, -0.2) is 4.98 Å². The first-order valence-electron chi connectivity index (χ1n) is 7.40. The third kappa shape index (κ3) is 2.76. The maximum Gasteiger partial charge on any atom is 0.226 e. The molecule has 0 amide bonds. The quantitative estimate of drug-likeness (QED) is 0.799. The highest BCUT2D eigenvalue weighted by molar-refractivity contribution is 5.90. The van der Waals surface area contributed by atoms with Gasteiger partial charge in [-0.2, -0.15) is 9.97 Å². The van der Waals surface area contributed by atoms with E-state index in [0.717, 1.165) is 41.1 Å². The van der Waals surface area contributed by atoms with Crippen molar-refractivity contribution in [3.05, 3.63) is 17.3 Å². The molecule has 2 aromatic heterocycles. The van der Waals surface area contributed by atoms with Crippen molar-refractivity contribution in [1.82, 2.24) is 20.3 Å². The minimum Gasteiger partial charge on any atom is -0.372 e. The fourth-order valence-electron chi connectivity index (χ4n) is 2.95. The Balaban J connectivity index is 2.00. The second kappa shape index (κ2) is 5.44. The van der Waals surface area contributed by atoms with Crippen LogP contribution in [-0.2, 0) is 0 Å². The Morgan fingerprint density at radius 3 is 2.71 bits per heavy atom. The molecule has 2 atom stereocenters. The summed E-state index contributed by atoms with van der Waals surface area (Å²) in [6, 6.07) is 2.96. The van der Waals surface area contributed by atoms with E-state index in [2.05, 4.69) is 50.8 Å². The SMILES string of the molecule is CNc1nc(N[C@@H]2CN[C@@H](C)C2)nc2nc(C)cc(C)c12. The summed E-state index contributed by atoms with van der Waals surface area (Å²) in [5.41, 5.74) is 2.86. The Morgan fingerprint density at radius 2 is 2.05 bits per heavy atom. The third-order valence-corrected chi connectivity index (χ3v) is 3.91. The zero-order valence-corrected chi connectivity index (χ0v) is 13.0. The minimum absolute atomic E-state index is 0.369. The van der Waals surface area contributed by atoms with Crippen molar-refractivity contribution >= 4 is 22.8 Å². The van der Waals surface area contributed by atoms with Gasteiger partial charge in [0.25, 0.3) is 0 Å². The smallest absolute Gasteiger partial charge is 0.226 e. The van der Waals surface area contributed by atoms with Gasteiger partial charge in [-0.15, -0.1) is 0 Å². The fraction of sp³-hybridized carbons (Fsp3) is 0.533. The molecule has 0 spiro atoms. The van der Waals surface area contributed by atoms with Crippen LogP contribution in [0.25, 0.3) is 11.0 Å². The molecule has 0 aliphatic carbocycles. The van der Waals surface area contributed by atoms with Gasteiger partial charge in [0.05, 0.1) is 5.39 Å². The van der Waals surface area contributed by atoms with Crippen LogP contribution in [0.1, 0.15) is 24.6 Å². The highest BCUT2D eigenvalue weighted by Gasteiger charge is 2.21. The predicted octanol–water partition coefficient (Wildman–Crippen LogP) is 1.85. The number of nitrogens with one attached hydrogen (secondary N) is 3. The number of nitrogens with zero attached hydrogens (tertiary/aromatic N) is 3. The van der Waals surface area contributed by atoms with Crippen LogP contribution in [0.5, 0.6) is 0 Å². The monoisotopic (exact) mass is 286 g/mol. The van der Waals surface area contributed by atoms with E-state index < -0.39 is 0 Å². The molecule has 6 nitrogen and oxygen atoms in total. The molecule has 21 heavy (non-hydrogen) atoms. The van der Waals surface area contributed by atoms with Crippen LogP contribution in [0.3, 0.4) is 0 Å². The van der Waals surface area contributed by atoms with Crippen molar-refractivity contribution in [2.75, 3.05) is 24.2 Å². The topological polar surface area (TPSA) is 74.8 Å². The molecule has 2 aromatic rings. The Morgan fingerprint density at radius 1 is 1.24 bits per heavy atom.